The number of aryl methyl sites for hydroxylation is 1. The number of nitrogens with one attached hydrogen (secondary N) is 2. The Morgan fingerprint density at radius 2 is 1.83 bits per heavy atom. The molecule has 2 aromatic rings. The van der Waals surface area contributed by atoms with Crippen LogP contribution in [0, 0.1) is 6.92 Å². The van der Waals surface area contributed by atoms with E-state index in [1.165, 1.54) is 12.1 Å². The highest BCUT2D eigenvalue weighted by Crippen LogP contribution is 2.20. The molecule has 0 atom stereocenters. The molecule has 0 aliphatic heterocycles. The van der Waals surface area contributed by atoms with Gasteiger partial charge in [0.15, 0.2) is 0 Å². The van der Waals surface area contributed by atoms with Gasteiger partial charge in [-0.05, 0) is 42.8 Å². The molecule has 0 bridgehead atoms. The molecule has 7 heteroatoms. The predicted octanol–water partition coefficient (Wildman–Crippen LogP) is 3.06. The minimum Gasteiger partial charge on any atom is -0.326 e. The average molecular weight is 397 g/mol. The molecule has 0 fully saturated rings. The fourth-order valence-corrected chi connectivity index (χ4v) is 3.23. The lowest BCUT2D eigenvalue weighted by Gasteiger charge is -2.08. The third-order valence-corrected chi connectivity index (χ3v) is 5.51. The van der Waals surface area contributed by atoms with Crippen LogP contribution in [0.15, 0.2) is 57.9 Å². The van der Waals surface area contributed by atoms with Crippen LogP contribution in [0.2, 0.25) is 0 Å². The van der Waals surface area contributed by atoms with Crippen molar-refractivity contribution in [2.45, 2.75) is 18.2 Å². The Labute approximate surface area is 144 Å². The molecule has 0 aromatic heterocycles. The SMILES string of the molecule is Cc1cc(NC(=O)CCNS(=O)(=O)c2ccccc2)ccc1Br. The van der Waals surface area contributed by atoms with Crippen molar-refractivity contribution < 1.29 is 13.2 Å². The lowest BCUT2D eigenvalue weighted by molar-refractivity contribution is -0.116. The summed E-state index contributed by atoms with van der Waals surface area (Å²) < 4.78 is 27.4. The molecule has 0 aliphatic carbocycles. The number of hydrogen-bond donors (Lipinski definition) is 2. The smallest absolute Gasteiger partial charge is 0.240 e. The Bertz CT molecular complexity index is 792. The summed E-state index contributed by atoms with van der Waals surface area (Å²) in [5, 5.41) is 2.74. The summed E-state index contributed by atoms with van der Waals surface area (Å²) in [7, 11) is -3.58. The average Bonchev–Trinajstić information content (AvgIpc) is 2.52. The Kier molecular flexibility index (Phi) is 5.92. The van der Waals surface area contributed by atoms with Gasteiger partial charge in [-0.3, -0.25) is 4.79 Å². The van der Waals surface area contributed by atoms with Crippen molar-refractivity contribution in [2.75, 3.05) is 11.9 Å². The van der Waals surface area contributed by atoms with Crippen molar-refractivity contribution in [3.63, 3.8) is 0 Å². The van der Waals surface area contributed by atoms with Crippen LogP contribution in [0.4, 0.5) is 5.69 Å². The zero-order valence-electron chi connectivity index (χ0n) is 12.5. The number of halogens is 1. The minimum absolute atomic E-state index is 0.0402. The largest absolute Gasteiger partial charge is 0.326 e. The van der Waals surface area contributed by atoms with E-state index in [4.69, 9.17) is 0 Å². The fourth-order valence-electron chi connectivity index (χ4n) is 1.93. The van der Waals surface area contributed by atoms with Crippen molar-refractivity contribution in [3.8, 4) is 0 Å². The summed E-state index contributed by atoms with van der Waals surface area (Å²) in [4.78, 5) is 12.1. The highest BCUT2D eigenvalue weighted by Gasteiger charge is 2.13. The van der Waals surface area contributed by atoms with Gasteiger partial charge in [0, 0.05) is 23.1 Å². The van der Waals surface area contributed by atoms with Gasteiger partial charge >= 0.3 is 0 Å². The first-order chi connectivity index (χ1) is 10.9. The van der Waals surface area contributed by atoms with Crippen LogP contribution in [0.3, 0.4) is 0 Å². The van der Waals surface area contributed by atoms with Crippen LogP contribution < -0.4 is 10.0 Å². The molecule has 0 aliphatic rings. The zero-order valence-corrected chi connectivity index (χ0v) is 14.9. The minimum atomic E-state index is -3.58. The lowest BCUT2D eigenvalue weighted by Crippen LogP contribution is -2.27. The summed E-state index contributed by atoms with van der Waals surface area (Å²) in [6, 6.07) is 13.5. The first kappa shape index (κ1) is 17.7. The fraction of sp³-hybridized carbons (Fsp3) is 0.188. The molecule has 0 heterocycles. The van der Waals surface area contributed by atoms with E-state index in [1.807, 2.05) is 19.1 Å². The van der Waals surface area contributed by atoms with Gasteiger partial charge in [0.1, 0.15) is 0 Å². The molecule has 0 radical (unpaired) electrons. The van der Waals surface area contributed by atoms with Crippen molar-refractivity contribution in [2.24, 2.45) is 0 Å². The van der Waals surface area contributed by atoms with E-state index in [9.17, 15) is 13.2 Å². The van der Waals surface area contributed by atoms with Crippen LogP contribution in [0.5, 0.6) is 0 Å². The molecule has 122 valence electrons. The summed E-state index contributed by atoms with van der Waals surface area (Å²) >= 11 is 3.39. The monoisotopic (exact) mass is 396 g/mol. The van der Waals surface area contributed by atoms with Gasteiger partial charge in [-0.2, -0.15) is 0 Å². The standard InChI is InChI=1S/C16H17BrN2O3S/c1-12-11-13(7-8-15(12)17)19-16(20)9-10-18-23(21,22)14-5-3-2-4-6-14/h2-8,11,18H,9-10H2,1H3,(H,19,20). The summed E-state index contributed by atoms with van der Waals surface area (Å²) in [6.07, 6.45) is 0.0567. The van der Waals surface area contributed by atoms with Gasteiger partial charge in [0.05, 0.1) is 4.90 Å². The van der Waals surface area contributed by atoms with E-state index < -0.39 is 10.0 Å². The number of anilines is 1. The number of sulfonamides is 1. The maximum Gasteiger partial charge on any atom is 0.240 e. The normalized spacial score (nSPS) is 11.2. The van der Waals surface area contributed by atoms with Gasteiger partial charge in [-0.15, -0.1) is 0 Å². The molecule has 0 saturated carbocycles. The molecule has 0 spiro atoms. The number of rotatable bonds is 6. The molecular formula is C16H17BrN2O3S. The second kappa shape index (κ2) is 7.72. The highest BCUT2D eigenvalue weighted by molar-refractivity contribution is 9.10. The van der Waals surface area contributed by atoms with Gasteiger partial charge in [-0.25, -0.2) is 13.1 Å². The van der Waals surface area contributed by atoms with Gasteiger partial charge < -0.3 is 5.32 Å². The van der Waals surface area contributed by atoms with E-state index in [2.05, 4.69) is 26.0 Å². The molecule has 1 amide bonds. The van der Waals surface area contributed by atoms with Crippen LogP contribution >= 0.6 is 15.9 Å². The topological polar surface area (TPSA) is 75.3 Å². The van der Waals surface area contributed by atoms with E-state index in [0.717, 1.165) is 10.0 Å². The van der Waals surface area contributed by atoms with Crippen molar-refractivity contribution in [3.05, 3.63) is 58.6 Å². The maximum atomic E-state index is 12.0. The van der Waals surface area contributed by atoms with Gasteiger partial charge in [-0.1, -0.05) is 34.1 Å². The highest BCUT2D eigenvalue weighted by atomic mass is 79.9. The predicted molar refractivity (Wildman–Crippen MR) is 93.8 cm³/mol. The van der Waals surface area contributed by atoms with Crippen molar-refractivity contribution in [1.29, 1.82) is 0 Å². The Morgan fingerprint density at radius 1 is 1.13 bits per heavy atom. The quantitative estimate of drug-likeness (QED) is 0.787. The maximum absolute atomic E-state index is 12.0. The molecule has 2 N–H and O–H groups in total. The first-order valence-corrected chi connectivity index (χ1v) is 9.27. The Morgan fingerprint density at radius 3 is 2.48 bits per heavy atom. The van der Waals surface area contributed by atoms with E-state index >= 15 is 0 Å². The number of carbonyl (C=O) groups excluding carboxylic acids is 1. The third kappa shape index (κ3) is 5.16. The number of amides is 1. The van der Waals surface area contributed by atoms with Crippen molar-refractivity contribution >= 4 is 37.5 Å². The molecule has 0 saturated heterocycles. The Hall–Kier alpha value is -1.70. The lowest BCUT2D eigenvalue weighted by atomic mass is 10.2. The second-order valence-corrected chi connectivity index (χ2v) is 7.59. The van der Waals surface area contributed by atoms with E-state index in [-0.39, 0.29) is 23.8 Å². The van der Waals surface area contributed by atoms with E-state index in [0.29, 0.717) is 5.69 Å². The van der Waals surface area contributed by atoms with Gasteiger partial charge in [0.2, 0.25) is 15.9 Å². The van der Waals surface area contributed by atoms with Crippen LogP contribution in [0.25, 0.3) is 0 Å². The number of carbonyl (C=O) groups is 1. The zero-order chi connectivity index (χ0) is 16.9. The van der Waals surface area contributed by atoms with E-state index in [1.54, 1.807) is 24.3 Å². The Balaban J connectivity index is 1.86. The number of hydrogen-bond acceptors (Lipinski definition) is 3. The van der Waals surface area contributed by atoms with Gasteiger partial charge in [0.25, 0.3) is 0 Å². The second-order valence-electron chi connectivity index (χ2n) is 4.97. The summed E-state index contributed by atoms with van der Waals surface area (Å²) in [5.41, 5.74) is 1.69. The van der Waals surface area contributed by atoms with Crippen LogP contribution in [-0.2, 0) is 14.8 Å². The number of benzene rings is 2. The molecule has 2 aromatic carbocycles. The first-order valence-electron chi connectivity index (χ1n) is 6.99. The van der Waals surface area contributed by atoms with Crippen LogP contribution in [-0.4, -0.2) is 20.9 Å². The summed E-state index contributed by atoms with van der Waals surface area (Å²) in [6.45, 7) is 1.96. The summed E-state index contributed by atoms with van der Waals surface area (Å²) in [5.74, 6) is -0.248. The molecule has 5 nitrogen and oxygen atoms in total. The molecule has 23 heavy (non-hydrogen) atoms. The van der Waals surface area contributed by atoms with Crippen LogP contribution in [0.1, 0.15) is 12.0 Å². The van der Waals surface area contributed by atoms with Crippen molar-refractivity contribution in [1.82, 2.24) is 4.72 Å². The molecule has 0 unspecified atom stereocenters. The molecule has 2 rings (SSSR count). The third-order valence-electron chi connectivity index (χ3n) is 3.14. The molecular weight excluding hydrogens is 380 g/mol.